The normalized spacial score (nSPS) is 15.5. The summed E-state index contributed by atoms with van der Waals surface area (Å²) in [6.45, 7) is 0.508. The molecule has 6 nitrogen and oxygen atoms in total. The molecule has 0 aliphatic carbocycles. The molecule has 2 aromatic carbocycles. The molecule has 0 unspecified atom stereocenters. The number of aromatic nitrogens is 1. The van der Waals surface area contributed by atoms with Gasteiger partial charge in [-0.05, 0) is 41.8 Å². The minimum Gasteiger partial charge on any atom is -0.364 e. The van der Waals surface area contributed by atoms with Crippen LogP contribution in [0.3, 0.4) is 0 Å². The lowest BCUT2D eigenvalue weighted by Crippen LogP contribution is -2.34. The van der Waals surface area contributed by atoms with Crippen molar-refractivity contribution in [1.29, 1.82) is 5.26 Å². The molecule has 0 radical (unpaired) electrons. The number of amides is 1. The summed E-state index contributed by atoms with van der Waals surface area (Å²) in [7, 11) is 0. The highest BCUT2D eigenvalue weighted by molar-refractivity contribution is 5.94. The third-order valence-corrected chi connectivity index (χ3v) is 5.77. The van der Waals surface area contributed by atoms with Crippen LogP contribution >= 0.6 is 0 Å². The number of carbonyl (C=O) groups excluding carboxylic acids is 1. The lowest BCUT2D eigenvalue weighted by molar-refractivity contribution is -0.118. The summed E-state index contributed by atoms with van der Waals surface area (Å²) in [5.74, 6) is -2.59. The van der Waals surface area contributed by atoms with Gasteiger partial charge in [-0.2, -0.15) is 5.26 Å². The molecule has 1 atom stereocenters. The highest BCUT2D eigenvalue weighted by atomic mass is 19.3. The second-order valence-electron chi connectivity index (χ2n) is 8.27. The summed E-state index contributed by atoms with van der Waals surface area (Å²) in [5.41, 5.74) is 3.09. The minimum absolute atomic E-state index is 0.168. The molecule has 1 aliphatic heterocycles. The average Bonchev–Trinajstić information content (AvgIpc) is 3.22. The Morgan fingerprint density at radius 1 is 1.12 bits per heavy atom. The fourth-order valence-electron chi connectivity index (χ4n) is 3.92. The van der Waals surface area contributed by atoms with Crippen LogP contribution in [0.25, 0.3) is 0 Å². The predicted octanol–water partition coefficient (Wildman–Crippen LogP) is 4.31. The second-order valence-corrected chi connectivity index (χ2v) is 8.27. The molecule has 1 aromatic heterocycles. The number of rotatable bonds is 8. The molecule has 0 bridgehead atoms. The first-order valence-electron chi connectivity index (χ1n) is 11.1. The Balaban J connectivity index is 1.40. The van der Waals surface area contributed by atoms with Crippen molar-refractivity contribution in [3.05, 3.63) is 89.6 Å². The van der Waals surface area contributed by atoms with Gasteiger partial charge < -0.3 is 15.5 Å². The maximum absolute atomic E-state index is 13.5. The van der Waals surface area contributed by atoms with E-state index in [-0.39, 0.29) is 25.4 Å². The average molecular weight is 462 g/mol. The van der Waals surface area contributed by atoms with Gasteiger partial charge >= 0.3 is 0 Å². The van der Waals surface area contributed by atoms with Gasteiger partial charge in [-0.15, -0.1) is 0 Å². The molecule has 1 saturated heterocycles. The van der Waals surface area contributed by atoms with Crippen molar-refractivity contribution in [2.75, 3.05) is 29.9 Å². The van der Waals surface area contributed by atoms with Crippen molar-refractivity contribution in [2.45, 2.75) is 24.8 Å². The Labute approximate surface area is 197 Å². The predicted molar refractivity (Wildman–Crippen MR) is 127 cm³/mol. The number of hydrogen-bond donors (Lipinski definition) is 2. The summed E-state index contributed by atoms with van der Waals surface area (Å²) < 4.78 is 27.0. The third kappa shape index (κ3) is 5.94. The van der Waals surface area contributed by atoms with E-state index in [4.69, 9.17) is 5.26 Å². The van der Waals surface area contributed by atoms with E-state index in [2.05, 4.69) is 21.7 Å². The fourth-order valence-corrected chi connectivity index (χ4v) is 3.92. The summed E-state index contributed by atoms with van der Waals surface area (Å²) in [6.07, 6.45) is 2.03. The monoisotopic (exact) mass is 461 g/mol. The van der Waals surface area contributed by atoms with Crippen LogP contribution in [0, 0.1) is 11.3 Å². The van der Waals surface area contributed by atoms with Gasteiger partial charge in [0.1, 0.15) is 11.9 Å². The molecule has 0 saturated carbocycles. The van der Waals surface area contributed by atoms with Crippen LogP contribution in [0.4, 0.5) is 20.3 Å². The molecule has 8 heteroatoms. The van der Waals surface area contributed by atoms with Crippen molar-refractivity contribution in [2.24, 2.45) is 0 Å². The van der Waals surface area contributed by atoms with Gasteiger partial charge in [0.15, 0.2) is 0 Å². The van der Waals surface area contributed by atoms with E-state index in [0.29, 0.717) is 30.0 Å². The molecule has 0 spiro atoms. The molecule has 1 fully saturated rings. The number of carbonyl (C=O) groups is 1. The highest BCUT2D eigenvalue weighted by Crippen LogP contribution is 2.30. The number of alkyl halides is 2. The first kappa shape index (κ1) is 23.3. The van der Waals surface area contributed by atoms with E-state index in [0.717, 1.165) is 11.1 Å². The number of nitriles is 1. The van der Waals surface area contributed by atoms with Gasteiger partial charge in [-0.25, -0.2) is 13.8 Å². The first-order chi connectivity index (χ1) is 16.4. The van der Waals surface area contributed by atoms with Gasteiger partial charge in [-0.3, -0.25) is 4.79 Å². The number of hydrogen-bond acceptors (Lipinski definition) is 5. The van der Waals surface area contributed by atoms with Crippen molar-refractivity contribution in [3.63, 3.8) is 0 Å². The smallest absolute Gasteiger partial charge is 0.266 e. The molecule has 2 heterocycles. The Bertz CT molecular complexity index is 1140. The van der Waals surface area contributed by atoms with Gasteiger partial charge in [-0.1, -0.05) is 42.5 Å². The van der Waals surface area contributed by atoms with Crippen molar-refractivity contribution in [1.82, 2.24) is 10.3 Å². The first-order valence-corrected chi connectivity index (χ1v) is 11.1. The zero-order valence-electron chi connectivity index (χ0n) is 18.5. The Morgan fingerprint density at radius 2 is 1.88 bits per heavy atom. The molecule has 1 aliphatic rings. The molecular formula is C26H25F2N5O. The largest absolute Gasteiger partial charge is 0.364 e. The van der Waals surface area contributed by atoms with E-state index < -0.39 is 12.0 Å². The standard InChI is InChI=1S/C26H25F2N5O/c27-26(28)13-15-33(18-26)22-10-11-23(31-17-22)32-25(34)24(21-4-2-1-3-5-21)30-14-12-19-6-8-20(16-29)9-7-19/h1-11,17,24,30H,12-15,18H2,(H,31,32,34)/t24-/m1/s1. The number of pyridine rings is 1. The van der Waals surface area contributed by atoms with Crippen LogP contribution < -0.4 is 15.5 Å². The SMILES string of the molecule is N#Cc1ccc(CCN[C@@H](C(=O)Nc2ccc(N3CCC(F)(F)C3)cn2)c2ccccc2)cc1. The van der Waals surface area contributed by atoms with E-state index >= 15 is 0 Å². The number of nitrogens with zero attached hydrogens (tertiary/aromatic N) is 3. The third-order valence-electron chi connectivity index (χ3n) is 5.77. The van der Waals surface area contributed by atoms with E-state index in [1.165, 1.54) is 6.20 Å². The van der Waals surface area contributed by atoms with Gasteiger partial charge in [0, 0.05) is 19.5 Å². The van der Waals surface area contributed by atoms with Crippen LogP contribution in [0.1, 0.15) is 29.2 Å². The Hall–Kier alpha value is -3.83. The second kappa shape index (κ2) is 10.4. The van der Waals surface area contributed by atoms with Gasteiger partial charge in [0.25, 0.3) is 5.92 Å². The molecule has 174 valence electrons. The number of benzene rings is 2. The van der Waals surface area contributed by atoms with Gasteiger partial charge in [0.2, 0.25) is 5.91 Å². The zero-order valence-corrected chi connectivity index (χ0v) is 18.5. The van der Waals surface area contributed by atoms with Gasteiger partial charge in [0.05, 0.1) is 30.1 Å². The number of anilines is 2. The van der Waals surface area contributed by atoms with Crippen LogP contribution in [0.2, 0.25) is 0 Å². The molecule has 34 heavy (non-hydrogen) atoms. The van der Waals surface area contributed by atoms with E-state index in [1.54, 1.807) is 29.2 Å². The quantitative estimate of drug-likeness (QED) is 0.523. The van der Waals surface area contributed by atoms with Crippen molar-refractivity contribution in [3.8, 4) is 6.07 Å². The lowest BCUT2D eigenvalue weighted by Gasteiger charge is -2.20. The summed E-state index contributed by atoms with van der Waals surface area (Å²) >= 11 is 0. The van der Waals surface area contributed by atoms with E-state index in [1.807, 2.05) is 42.5 Å². The van der Waals surface area contributed by atoms with Crippen molar-refractivity contribution < 1.29 is 13.6 Å². The molecule has 3 aromatic rings. The Morgan fingerprint density at radius 3 is 2.50 bits per heavy atom. The lowest BCUT2D eigenvalue weighted by atomic mass is 10.1. The maximum atomic E-state index is 13.5. The topological polar surface area (TPSA) is 81.0 Å². The highest BCUT2D eigenvalue weighted by Gasteiger charge is 2.38. The van der Waals surface area contributed by atoms with E-state index in [9.17, 15) is 13.6 Å². The van der Waals surface area contributed by atoms with Crippen LogP contribution in [-0.2, 0) is 11.2 Å². The minimum atomic E-state index is -2.68. The fraction of sp³-hybridized carbons (Fsp3) is 0.269. The van der Waals surface area contributed by atoms with Crippen LogP contribution in [-0.4, -0.2) is 36.4 Å². The molecule has 4 rings (SSSR count). The summed E-state index contributed by atoms with van der Waals surface area (Å²) in [5, 5.41) is 15.1. The van der Waals surface area contributed by atoms with Crippen LogP contribution in [0.5, 0.6) is 0 Å². The van der Waals surface area contributed by atoms with Crippen LogP contribution in [0.15, 0.2) is 72.9 Å². The number of nitrogens with one attached hydrogen (secondary N) is 2. The number of halogens is 2. The molecule has 1 amide bonds. The summed E-state index contributed by atoms with van der Waals surface area (Å²) in [6, 6.07) is 21.6. The molecular weight excluding hydrogens is 436 g/mol. The Kier molecular flexibility index (Phi) is 7.14. The summed E-state index contributed by atoms with van der Waals surface area (Å²) in [4.78, 5) is 19.0. The van der Waals surface area contributed by atoms with Crippen molar-refractivity contribution >= 4 is 17.4 Å². The zero-order chi connectivity index (χ0) is 24.0. The molecule has 2 N–H and O–H groups in total. The maximum Gasteiger partial charge on any atom is 0.266 e.